The molecule has 0 aliphatic carbocycles. The fraction of sp³-hybridized carbons (Fsp3) is 0. The zero-order valence-electron chi connectivity index (χ0n) is 4.07. The van der Waals surface area contributed by atoms with E-state index in [2.05, 4.69) is 38.7 Å². The molecule has 48 valence electrons. The molecule has 0 aromatic carbocycles. The zero-order valence-corrected chi connectivity index (χ0v) is 10.7. The van der Waals surface area contributed by atoms with Crippen LogP contribution in [0.25, 0.3) is 0 Å². The molecule has 6 heavy (non-hydrogen) atoms. The van der Waals surface area contributed by atoms with E-state index >= 15 is 0 Å². The van der Waals surface area contributed by atoms with Gasteiger partial charge < -0.3 is 22.3 Å². The van der Waals surface area contributed by atoms with Crippen LogP contribution in [0.3, 0.4) is 0 Å². The van der Waals surface area contributed by atoms with Crippen LogP contribution in [-0.4, -0.2) is 0 Å². The topological polar surface area (TPSA) is 0 Å². The Morgan fingerprint density at radius 1 is 0.833 bits per heavy atom. The van der Waals surface area contributed by atoms with Gasteiger partial charge in [-0.1, -0.05) is 0 Å². The van der Waals surface area contributed by atoms with E-state index in [9.17, 15) is 0 Å². The Morgan fingerprint density at radius 3 is 0.833 bits per heavy atom. The predicted molar refractivity (Wildman–Crippen MR) is 47.3 cm³/mol. The summed E-state index contributed by atoms with van der Waals surface area (Å²) >= 11 is 5.30. The molecule has 0 nitrogen and oxygen atoms in total. The standard InChI is InChI=1S/3CH3.2HI.Pt/h3*1H3;2*1H;/q3*-1;;;+2/p-2. The summed E-state index contributed by atoms with van der Waals surface area (Å²) in [5.74, 6) is 0. The molecule has 0 aromatic rings. The quantitative estimate of drug-likeness (QED) is 0.359. The van der Waals surface area contributed by atoms with Gasteiger partial charge in [-0.05, 0) is 0 Å². The molecule has 0 unspecified atom stereocenters. The molecule has 3 heteroatoms. The summed E-state index contributed by atoms with van der Waals surface area (Å²) in [6.07, 6.45) is 0. The number of halogens is 2. The Labute approximate surface area is 71.0 Å². The van der Waals surface area contributed by atoms with E-state index in [1.165, 1.54) is 0 Å². The Kier molecular flexibility index (Phi) is 110. The van der Waals surface area contributed by atoms with Gasteiger partial charge in [0, 0.05) is 0 Å². The van der Waals surface area contributed by atoms with Crippen molar-refractivity contribution in [3.8, 4) is 0 Å². The van der Waals surface area contributed by atoms with Gasteiger partial charge in [-0.3, -0.25) is 0 Å². The van der Waals surface area contributed by atoms with Crippen LogP contribution in [0.2, 0.25) is 0 Å². The van der Waals surface area contributed by atoms with Crippen molar-refractivity contribution in [2.24, 2.45) is 0 Å². The SMILES string of the molecule is [CH3-].[CH3-].[CH3-].[I][Pt][I]. The van der Waals surface area contributed by atoms with Crippen molar-refractivity contribution in [1.29, 1.82) is 0 Å². The van der Waals surface area contributed by atoms with E-state index in [-0.39, 0.29) is 22.3 Å². The van der Waals surface area contributed by atoms with Crippen molar-refractivity contribution >= 4 is 38.7 Å². The molecule has 0 saturated carbocycles. The Hall–Kier alpha value is 2.15. The summed E-state index contributed by atoms with van der Waals surface area (Å²) < 4.78 is 0. The number of hydrogen-bond donors (Lipinski definition) is 0. The molecular weight excluding hydrogens is 485 g/mol. The molecule has 0 atom stereocenters. The molecule has 0 rings (SSSR count). The number of rotatable bonds is 0. The molecule has 0 aliphatic heterocycles. The summed E-state index contributed by atoms with van der Waals surface area (Å²) in [5, 5.41) is 0. The molecule has 0 spiro atoms. The molecular formula is C3H9I2Pt-3. The van der Waals surface area contributed by atoms with Crippen LogP contribution in [0.4, 0.5) is 0 Å². The summed E-state index contributed by atoms with van der Waals surface area (Å²) in [6.45, 7) is 0. The maximum atomic E-state index is 2.39. The van der Waals surface area contributed by atoms with Gasteiger partial charge in [0.2, 0.25) is 0 Å². The summed E-state index contributed by atoms with van der Waals surface area (Å²) in [6, 6.07) is 0. The molecule has 0 radical (unpaired) electrons. The fourth-order valence-corrected chi connectivity index (χ4v) is 0. The molecule has 0 bridgehead atoms. The van der Waals surface area contributed by atoms with Gasteiger partial charge in [-0.25, -0.2) is 0 Å². The minimum absolute atomic E-state index is 0. The average Bonchev–Trinajstić information content (AvgIpc) is 0.918. The van der Waals surface area contributed by atoms with Gasteiger partial charge in [-0.15, -0.1) is 0 Å². The Bertz CT molecular complexity index is 8.75. The van der Waals surface area contributed by atoms with Gasteiger partial charge >= 0.3 is 49.9 Å². The summed E-state index contributed by atoms with van der Waals surface area (Å²) in [4.78, 5) is 0. The fourth-order valence-electron chi connectivity index (χ4n) is 0. The molecule has 0 aromatic heterocycles. The van der Waals surface area contributed by atoms with Crippen molar-refractivity contribution in [3.05, 3.63) is 22.3 Å². The van der Waals surface area contributed by atoms with Crippen LogP contribution >= 0.6 is 38.7 Å². The van der Waals surface area contributed by atoms with Gasteiger partial charge in [-0.2, -0.15) is 0 Å². The minimum atomic E-state index is 0. The van der Waals surface area contributed by atoms with Crippen LogP contribution in [-0.2, 0) is 11.2 Å². The molecule has 0 amide bonds. The first-order valence-corrected chi connectivity index (χ1v) is 13.1. The molecule has 0 fully saturated rings. The van der Waals surface area contributed by atoms with Crippen molar-refractivity contribution in [2.45, 2.75) is 0 Å². The monoisotopic (exact) mass is 494 g/mol. The van der Waals surface area contributed by atoms with Crippen molar-refractivity contribution in [2.75, 3.05) is 0 Å². The van der Waals surface area contributed by atoms with E-state index in [0.717, 1.165) is 0 Å². The van der Waals surface area contributed by atoms with Crippen molar-refractivity contribution in [1.82, 2.24) is 0 Å². The van der Waals surface area contributed by atoms with Crippen LogP contribution in [0.5, 0.6) is 0 Å². The second-order valence-corrected chi connectivity index (χ2v) is 16.6. The van der Waals surface area contributed by atoms with Gasteiger partial charge in [0.15, 0.2) is 0 Å². The number of hydrogen-bond acceptors (Lipinski definition) is 0. The van der Waals surface area contributed by atoms with Crippen molar-refractivity contribution in [3.63, 3.8) is 0 Å². The van der Waals surface area contributed by atoms with E-state index in [0.29, 0.717) is 11.2 Å². The second-order valence-electron chi connectivity index (χ2n) is 0.0452. The molecule has 0 heterocycles. The van der Waals surface area contributed by atoms with Gasteiger partial charge in [0.1, 0.15) is 0 Å². The molecule has 0 aliphatic rings. The third-order valence-corrected chi connectivity index (χ3v) is 0. The Balaban J connectivity index is -0.00000000667. The third kappa shape index (κ3) is 35.3. The van der Waals surface area contributed by atoms with Crippen molar-refractivity contribution < 1.29 is 11.2 Å². The van der Waals surface area contributed by atoms with E-state index in [4.69, 9.17) is 0 Å². The maximum absolute atomic E-state index is 2.39. The third-order valence-electron chi connectivity index (χ3n) is 0. The predicted octanol–water partition coefficient (Wildman–Crippen LogP) is 3.12. The first kappa shape index (κ1) is 24.2. The van der Waals surface area contributed by atoms with Crippen LogP contribution in [0, 0.1) is 22.3 Å². The average molecular weight is 494 g/mol. The zero-order chi connectivity index (χ0) is 2.71. The van der Waals surface area contributed by atoms with Gasteiger partial charge in [0.05, 0.1) is 0 Å². The van der Waals surface area contributed by atoms with E-state index in [1.54, 1.807) is 0 Å². The van der Waals surface area contributed by atoms with Crippen LogP contribution in [0.1, 0.15) is 0 Å². The molecule has 0 N–H and O–H groups in total. The first-order valence-electron chi connectivity index (χ1n) is 0.239. The summed E-state index contributed by atoms with van der Waals surface area (Å²) in [7, 11) is 0. The Morgan fingerprint density at radius 2 is 0.833 bits per heavy atom. The van der Waals surface area contributed by atoms with E-state index < -0.39 is 0 Å². The van der Waals surface area contributed by atoms with Gasteiger partial charge in [0.25, 0.3) is 0 Å². The first-order chi connectivity index (χ1) is 1.41. The second kappa shape index (κ2) is 27.3. The van der Waals surface area contributed by atoms with Crippen LogP contribution < -0.4 is 0 Å². The summed E-state index contributed by atoms with van der Waals surface area (Å²) in [5.41, 5.74) is 0. The molecule has 0 saturated heterocycles. The van der Waals surface area contributed by atoms with Crippen LogP contribution in [0.15, 0.2) is 0 Å². The normalized spacial score (nSPS) is 3.67. The van der Waals surface area contributed by atoms with E-state index in [1.807, 2.05) is 0 Å².